The first-order valence-electron chi connectivity index (χ1n) is 8.63. The minimum absolute atomic E-state index is 0.0317. The molecule has 0 fully saturated rings. The van der Waals surface area contributed by atoms with E-state index in [-0.39, 0.29) is 20.9 Å². The Morgan fingerprint density at radius 1 is 1.10 bits per heavy atom. The molecule has 3 aromatic rings. The number of alkyl halides is 3. The second-order valence-corrected chi connectivity index (χ2v) is 8.52. The number of nitrogens with zero attached hydrogens (tertiary/aromatic N) is 3. The molecule has 7 nitrogen and oxygen atoms in total. The first-order chi connectivity index (χ1) is 14.5. The van der Waals surface area contributed by atoms with Gasteiger partial charge in [-0.1, -0.05) is 12.1 Å². The lowest BCUT2D eigenvalue weighted by molar-refractivity contribution is -0.143. The lowest BCUT2D eigenvalue weighted by Crippen LogP contribution is -2.30. The number of halogens is 3. The molecule has 0 aliphatic carbocycles. The molecule has 0 saturated carbocycles. The molecule has 0 bridgehead atoms. The van der Waals surface area contributed by atoms with Gasteiger partial charge >= 0.3 is 11.7 Å². The summed E-state index contributed by atoms with van der Waals surface area (Å²) in [4.78, 5) is 12.8. The van der Waals surface area contributed by atoms with Gasteiger partial charge in [0.1, 0.15) is 12.3 Å². The lowest BCUT2D eigenvalue weighted by Gasteiger charge is -2.14. The largest absolute Gasteiger partial charge is 0.451 e. The third-order valence-corrected chi connectivity index (χ3v) is 5.25. The van der Waals surface area contributed by atoms with Gasteiger partial charge in [-0.25, -0.2) is 13.1 Å². The smallest absolute Gasteiger partial charge is 0.408 e. The zero-order valence-corrected chi connectivity index (χ0v) is 16.7. The third-order valence-electron chi connectivity index (χ3n) is 4.13. The highest BCUT2D eigenvalue weighted by atomic mass is 32.2. The normalized spacial score (nSPS) is 11.7. The van der Waals surface area contributed by atoms with Crippen molar-refractivity contribution >= 4 is 9.84 Å². The van der Waals surface area contributed by atoms with E-state index >= 15 is 0 Å². The summed E-state index contributed by atoms with van der Waals surface area (Å²) >= 11 is 0. The maximum atomic E-state index is 12.8. The third kappa shape index (κ3) is 5.29. The van der Waals surface area contributed by atoms with Crippen LogP contribution < -0.4 is 10.3 Å². The average Bonchev–Trinajstić information content (AvgIpc) is 2.70. The lowest BCUT2D eigenvalue weighted by atomic mass is 10.1. The Morgan fingerprint density at radius 2 is 1.71 bits per heavy atom. The van der Waals surface area contributed by atoms with E-state index < -0.39 is 33.9 Å². The molecule has 3 rings (SSSR count). The first kappa shape index (κ1) is 22.0. The van der Waals surface area contributed by atoms with Crippen molar-refractivity contribution in [2.75, 3.05) is 6.26 Å². The van der Waals surface area contributed by atoms with Crippen LogP contribution in [0, 0.1) is 11.3 Å². The minimum Gasteiger partial charge on any atom is -0.451 e. The van der Waals surface area contributed by atoms with Crippen molar-refractivity contribution in [2.45, 2.75) is 17.6 Å². The van der Waals surface area contributed by atoms with Gasteiger partial charge in [0.15, 0.2) is 9.84 Å². The maximum absolute atomic E-state index is 12.8. The molecule has 31 heavy (non-hydrogen) atoms. The monoisotopic (exact) mass is 449 g/mol. The highest BCUT2D eigenvalue weighted by molar-refractivity contribution is 7.90. The summed E-state index contributed by atoms with van der Waals surface area (Å²) in [6, 6.07) is 12.9. The predicted molar refractivity (Wildman–Crippen MR) is 104 cm³/mol. The number of aromatic nitrogens is 2. The zero-order chi connectivity index (χ0) is 22.8. The molecule has 0 radical (unpaired) electrons. The van der Waals surface area contributed by atoms with Gasteiger partial charge in [-0.15, -0.1) is 0 Å². The van der Waals surface area contributed by atoms with E-state index in [0.717, 1.165) is 12.5 Å². The van der Waals surface area contributed by atoms with Crippen LogP contribution in [-0.2, 0) is 16.4 Å². The quantitative estimate of drug-likeness (QED) is 0.591. The van der Waals surface area contributed by atoms with E-state index in [1.165, 1.54) is 48.5 Å². The van der Waals surface area contributed by atoms with Crippen LogP contribution in [0.4, 0.5) is 13.2 Å². The molecule has 0 spiro atoms. The van der Waals surface area contributed by atoms with E-state index in [1.807, 2.05) is 6.07 Å². The van der Waals surface area contributed by atoms with Crippen LogP contribution in [0.2, 0.25) is 0 Å². The van der Waals surface area contributed by atoms with Crippen molar-refractivity contribution in [3.63, 3.8) is 0 Å². The molecule has 0 atom stereocenters. The van der Waals surface area contributed by atoms with Crippen molar-refractivity contribution in [3.05, 3.63) is 70.6 Å². The predicted octanol–water partition coefficient (Wildman–Crippen LogP) is 3.54. The molecule has 2 aromatic carbocycles. The SMILES string of the molecule is CS(=O)(=O)c1ccc(-c2cnn(CC(F)(F)F)c(=O)c2Oc2ccc(C#N)cc2)cc1. The number of hydrogen-bond acceptors (Lipinski definition) is 6. The Labute approximate surface area is 174 Å². The average molecular weight is 449 g/mol. The number of hydrogen-bond donors (Lipinski definition) is 0. The van der Waals surface area contributed by atoms with Crippen LogP contribution in [-0.4, -0.2) is 30.6 Å². The molecule has 0 aliphatic heterocycles. The highest BCUT2D eigenvalue weighted by Gasteiger charge is 2.30. The van der Waals surface area contributed by atoms with E-state index in [2.05, 4.69) is 5.10 Å². The Bertz CT molecular complexity index is 1310. The van der Waals surface area contributed by atoms with Gasteiger partial charge in [0.2, 0.25) is 5.75 Å². The highest BCUT2D eigenvalue weighted by Crippen LogP contribution is 2.31. The molecule has 11 heteroatoms. The maximum Gasteiger partial charge on any atom is 0.408 e. The number of ether oxygens (including phenoxy) is 1. The van der Waals surface area contributed by atoms with E-state index in [0.29, 0.717) is 11.1 Å². The molecule has 0 N–H and O–H groups in total. The molecule has 160 valence electrons. The van der Waals surface area contributed by atoms with Crippen molar-refractivity contribution < 1.29 is 26.3 Å². The number of benzene rings is 2. The van der Waals surface area contributed by atoms with Gasteiger partial charge in [-0.2, -0.15) is 23.5 Å². The van der Waals surface area contributed by atoms with Crippen molar-refractivity contribution in [3.8, 4) is 28.7 Å². The summed E-state index contributed by atoms with van der Waals surface area (Å²) in [5.41, 5.74) is -0.396. The molecule has 1 aromatic heterocycles. The Balaban J connectivity index is 2.12. The molecular formula is C20H14F3N3O4S. The van der Waals surface area contributed by atoms with Crippen LogP contribution in [0.25, 0.3) is 11.1 Å². The summed E-state index contributed by atoms with van der Waals surface area (Å²) in [6.45, 7) is -1.61. The van der Waals surface area contributed by atoms with Gasteiger partial charge in [-0.3, -0.25) is 4.79 Å². The van der Waals surface area contributed by atoms with Crippen LogP contribution in [0.1, 0.15) is 5.56 Å². The van der Waals surface area contributed by atoms with Crippen LogP contribution in [0.5, 0.6) is 11.5 Å². The van der Waals surface area contributed by atoms with Crippen molar-refractivity contribution in [1.29, 1.82) is 5.26 Å². The second-order valence-electron chi connectivity index (χ2n) is 6.50. The van der Waals surface area contributed by atoms with Gasteiger partial charge in [0, 0.05) is 6.26 Å². The topological polar surface area (TPSA) is 102 Å². The Hall–Kier alpha value is -3.65. The summed E-state index contributed by atoms with van der Waals surface area (Å²) in [5, 5.41) is 12.5. The second kappa shape index (κ2) is 8.23. The number of sulfone groups is 1. The van der Waals surface area contributed by atoms with E-state index in [4.69, 9.17) is 10.00 Å². The fraction of sp³-hybridized carbons (Fsp3) is 0.150. The fourth-order valence-corrected chi connectivity index (χ4v) is 3.29. The zero-order valence-electron chi connectivity index (χ0n) is 15.9. The van der Waals surface area contributed by atoms with Gasteiger partial charge in [0.05, 0.1) is 28.3 Å². The first-order valence-corrected chi connectivity index (χ1v) is 10.5. The fourth-order valence-electron chi connectivity index (χ4n) is 2.65. The van der Waals surface area contributed by atoms with Crippen LogP contribution in [0.3, 0.4) is 0 Å². The van der Waals surface area contributed by atoms with Crippen molar-refractivity contribution in [1.82, 2.24) is 9.78 Å². The van der Waals surface area contributed by atoms with Gasteiger partial charge in [0.25, 0.3) is 0 Å². The molecular weight excluding hydrogens is 435 g/mol. The summed E-state index contributed by atoms with van der Waals surface area (Å²) in [7, 11) is -3.47. The molecule has 1 heterocycles. The minimum atomic E-state index is -4.68. The molecule has 0 amide bonds. The Kier molecular flexibility index (Phi) is 5.85. The van der Waals surface area contributed by atoms with E-state index in [1.54, 1.807) is 0 Å². The summed E-state index contributed by atoms with van der Waals surface area (Å²) in [5.74, 6) is -0.300. The standard InChI is InChI=1S/C20H14F3N3O4S/c1-31(28,29)16-8-4-14(5-9-16)17-11-25-26(12-20(21,22)23)19(27)18(17)30-15-6-2-13(10-24)3-7-15/h2-9,11H,12H2,1H3. The van der Waals surface area contributed by atoms with Gasteiger partial charge in [-0.05, 0) is 42.0 Å². The molecule has 0 saturated heterocycles. The Morgan fingerprint density at radius 3 is 2.23 bits per heavy atom. The van der Waals surface area contributed by atoms with E-state index in [9.17, 15) is 26.4 Å². The summed E-state index contributed by atoms with van der Waals surface area (Å²) in [6.07, 6.45) is -2.61. The molecule has 0 aliphatic rings. The van der Waals surface area contributed by atoms with Crippen LogP contribution in [0.15, 0.2) is 64.4 Å². The number of rotatable bonds is 5. The molecule has 0 unspecified atom stereocenters. The number of nitriles is 1. The van der Waals surface area contributed by atoms with Gasteiger partial charge < -0.3 is 4.74 Å². The summed E-state index contributed by atoms with van der Waals surface area (Å²) < 4.78 is 67.6. The van der Waals surface area contributed by atoms with Crippen molar-refractivity contribution in [2.24, 2.45) is 0 Å². The van der Waals surface area contributed by atoms with Crippen LogP contribution >= 0.6 is 0 Å².